The number of imidazole rings is 1. The normalized spacial score (nSPS) is 14.8. The monoisotopic (exact) mass is 415 g/mol. The molecular weight excluding hydrogens is 397 g/mol. The van der Waals surface area contributed by atoms with Crippen molar-refractivity contribution in [2.45, 2.75) is 26.5 Å². The summed E-state index contributed by atoms with van der Waals surface area (Å²) < 4.78 is 24.3. The first kappa shape index (κ1) is 18.8. The van der Waals surface area contributed by atoms with Gasteiger partial charge in [0.05, 0.1) is 36.1 Å². The second-order valence-corrected chi connectivity index (χ2v) is 7.46. The number of nitrogens with two attached hydrogens (primary N) is 1. The molecule has 8 nitrogen and oxygen atoms in total. The SMILES string of the molecule is Cc1ccc2c(c1)[C@@H](C)Oc1cc(cnc1N)-c1c(C#N)ncn1Cc1c(F)cnn1-2. The number of nitrogens with zero attached hydrogens (tertiary/aromatic N) is 6. The Labute approximate surface area is 177 Å². The molecule has 2 bridgehead atoms. The van der Waals surface area contributed by atoms with Crippen LogP contribution in [0, 0.1) is 24.1 Å². The number of hydrogen-bond acceptors (Lipinski definition) is 6. The van der Waals surface area contributed by atoms with E-state index in [1.165, 1.54) is 12.5 Å². The van der Waals surface area contributed by atoms with Crippen LogP contribution in [0.3, 0.4) is 0 Å². The van der Waals surface area contributed by atoms with E-state index in [9.17, 15) is 9.65 Å². The fourth-order valence-corrected chi connectivity index (χ4v) is 3.88. The van der Waals surface area contributed by atoms with Gasteiger partial charge >= 0.3 is 0 Å². The molecule has 1 aliphatic rings. The van der Waals surface area contributed by atoms with E-state index < -0.39 is 11.9 Å². The Morgan fingerprint density at radius 1 is 1.26 bits per heavy atom. The minimum Gasteiger partial charge on any atom is -0.482 e. The highest BCUT2D eigenvalue weighted by molar-refractivity contribution is 5.69. The van der Waals surface area contributed by atoms with Gasteiger partial charge in [-0.05, 0) is 26.0 Å². The van der Waals surface area contributed by atoms with Crippen molar-refractivity contribution in [2.24, 2.45) is 0 Å². The minimum absolute atomic E-state index is 0.123. The van der Waals surface area contributed by atoms with E-state index in [0.29, 0.717) is 28.4 Å². The molecule has 0 unspecified atom stereocenters. The van der Waals surface area contributed by atoms with Gasteiger partial charge in [0.25, 0.3) is 0 Å². The lowest BCUT2D eigenvalue weighted by Gasteiger charge is -2.22. The molecule has 5 rings (SSSR count). The van der Waals surface area contributed by atoms with Gasteiger partial charge in [0.2, 0.25) is 0 Å². The lowest BCUT2D eigenvalue weighted by molar-refractivity contribution is 0.227. The zero-order valence-corrected chi connectivity index (χ0v) is 16.9. The van der Waals surface area contributed by atoms with E-state index >= 15 is 0 Å². The largest absolute Gasteiger partial charge is 0.482 e. The van der Waals surface area contributed by atoms with Crippen LogP contribution in [0.15, 0.2) is 43.0 Å². The third kappa shape index (κ3) is 3.00. The van der Waals surface area contributed by atoms with Crippen LogP contribution in [-0.4, -0.2) is 24.3 Å². The van der Waals surface area contributed by atoms with Crippen molar-refractivity contribution in [1.29, 1.82) is 5.26 Å². The molecule has 31 heavy (non-hydrogen) atoms. The second kappa shape index (κ2) is 6.95. The number of anilines is 1. The number of benzene rings is 1. The number of hydrogen-bond donors (Lipinski definition) is 1. The number of rotatable bonds is 0. The number of pyridine rings is 1. The number of aromatic nitrogens is 5. The Hall–Kier alpha value is -4.19. The maximum Gasteiger partial charge on any atom is 0.166 e. The average molecular weight is 415 g/mol. The van der Waals surface area contributed by atoms with E-state index in [4.69, 9.17) is 10.5 Å². The van der Waals surface area contributed by atoms with Crippen molar-refractivity contribution in [2.75, 3.05) is 5.73 Å². The molecule has 0 saturated heterocycles. The minimum atomic E-state index is -0.452. The van der Waals surface area contributed by atoms with Gasteiger partial charge in [-0.25, -0.2) is 19.0 Å². The Bertz CT molecular complexity index is 1360. The van der Waals surface area contributed by atoms with E-state index in [1.54, 1.807) is 21.5 Å². The first-order valence-electron chi connectivity index (χ1n) is 9.67. The van der Waals surface area contributed by atoms with E-state index in [2.05, 4.69) is 21.1 Å². The summed E-state index contributed by atoms with van der Waals surface area (Å²) in [5.41, 5.74) is 10.3. The predicted octanol–water partition coefficient (Wildman–Crippen LogP) is 3.53. The highest BCUT2D eigenvalue weighted by Crippen LogP contribution is 2.35. The smallest absolute Gasteiger partial charge is 0.166 e. The maximum atomic E-state index is 14.8. The molecule has 0 radical (unpaired) electrons. The highest BCUT2D eigenvalue weighted by atomic mass is 19.1. The lowest BCUT2D eigenvalue weighted by atomic mass is 10.0. The van der Waals surface area contributed by atoms with Gasteiger partial charge in [0.15, 0.2) is 23.1 Å². The Kier molecular flexibility index (Phi) is 4.22. The summed E-state index contributed by atoms with van der Waals surface area (Å²) >= 11 is 0. The van der Waals surface area contributed by atoms with Crippen molar-refractivity contribution in [3.63, 3.8) is 0 Å². The van der Waals surface area contributed by atoms with Crippen LogP contribution >= 0.6 is 0 Å². The first-order valence-corrected chi connectivity index (χ1v) is 9.67. The van der Waals surface area contributed by atoms with E-state index in [1.807, 2.05) is 32.0 Å². The molecule has 1 atom stereocenters. The van der Waals surface area contributed by atoms with Gasteiger partial charge in [0, 0.05) is 17.3 Å². The maximum absolute atomic E-state index is 14.8. The molecule has 1 aliphatic heterocycles. The van der Waals surface area contributed by atoms with Gasteiger partial charge in [-0.3, -0.25) is 0 Å². The van der Waals surface area contributed by atoms with Crippen LogP contribution < -0.4 is 10.5 Å². The molecule has 4 heterocycles. The first-order chi connectivity index (χ1) is 15.0. The number of nitrogen functional groups attached to an aromatic ring is 1. The van der Waals surface area contributed by atoms with Crippen molar-refractivity contribution in [3.8, 4) is 28.8 Å². The van der Waals surface area contributed by atoms with Crippen molar-refractivity contribution >= 4 is 5.82 Å². The van der Waals surface area contributed by atoms with Gasteiger partial charge < -0.3 is 15.0 Å². The van der Waals surface area contributed by atoms with Crippen LogP contribution in [0.4, 0.5) is 10.2 Å². The van der Waals surface area contributed by atoms with Crippen LogP contribution in [-0.2, 0) is 6.54 Å². The quantitative estimate of drug-likeness (QED) is 0.471. The second-order valence-electron chi connectivity index (χ2n) is 7.46. The number of ether oxygens (including phenoxy) is 1. The molecule has 0 spiro atoms. The molecule has 4 aromatic rings. The lowest BCUT2D eigenvalue weighted by Crippen LogP contribution is -2.15. The van der Waals surface area contributed by atoms with Gasteiger partial charge in [0.1, 0.15) is 12.2 Å². The number of fused-ring (bicyclic) bond motifs is 7. The molecule has 0 aliphatic carbocycles. The fraction of sp³-hybridized carbons (Fsp3) is 0.182. The van der Waals surface area contributed by atoms with Crippen LogP contribution in [0.5, 0.6) is 5.75 Å². The summed E-state index contributed by atoms with van der Waals surface area (Å²) in [6.07, 6.45) is 3.82. The Morgan fingerprint density at radius 2 is 2.10 bits per heavy atom. The molecule has 3 aromatic heterocycles. The number of nitriles is 1. The number of halogens is 1. The third-order valence-electron chi connectivity index (χ3n) is 5.39. The van der Waals surface area contributed by atoms with Crippen molar-refractivity contribution in [3.05, 3.63) is 71.3 Å². The van der Waals surface area contributed by atoms with Gasteiger partial charge in [-0.2, -0.15) is 10.4 Å². The zero-order valence-electron chi connectivity index (χ0n) is 16.9. The summed E-state index contributed by atoms with van der Waals surface area (Å²) in [5.74, 6) is 0.172. The number of aryl methyl sites for hydroxylation is 1. The topological polar surface area (TPSA) is 108 Å². The molecule has 9 heteroatoms. The molecule has 154 valence electrons. The van der Waals surface area contributed by atoms with Crippen LogP contribution in [0.1, 0.15) is 35.5 Å². The van der Waals surface area contributed by atoms with Crippen LogP contribution in [0.2, 0.25) is 0 Å². The highest BCUT2D eigenvalue weighted by Gasteiger charge is 2.24. The van der Waals surface area contributed by atoms with Crippen molar-refractivity contribution in [1.82, 2.24) is 24.3 Å². The van der Waals surface area contributed by atoms with Gasteiger partial charge in [-0.1, -0.05) is 17.7 Å². The molecular formula is C22H18FN7O. The van der Waals surface area contributed by atoms with Crippen LogP contribution in [0.25, 0.3) is 16.9 Å². The summed E-state index contributed by atoms with van der Waals surface area (Å²) in [6, 6.07) is 9.63. The summed E-state index contributed by atoms with van der Waals surface area (Å²) in [6.45, 7) is 3.99. The average Bonchev–Trinajstić information content (AvgIpc) is 3.33. The summed E-state index contributed by atoms with van der Waals surface area (Å²) in [5, 5.41) is 13.9. The van der Waals surface area contributed by atoms with E-state index in [-0.39, 0.29) is 18.1 Å². The Morgan fingerprint density at radius 3 is 2.90 bits per heavy atom. The Balaban J connectivity index is 1.83. The third-order valence-corrected chi connectivity index (χ3v) is 5.39. The molecule has 2 N–H and O–H groups in total. The molecule has 0 amide bonds. The summed E-state index contributed by atoms with van der Waals surface area (Å²) in [4.78, 5) is 8.44. The van der Waals surface area contributed by atoms with Crippen molar-refractivity contribution < 1.29 is 9.13 Å². The molecule has 0 saturated carbocycles. The zero-order chi connectivity index (χ0) is 21.7. The molecule has 1 aromatic carbocycles. The summed E-state index contributed by atoms with van der Waals surface area (Å²) in [7, 11) is 0. The fourth-order valence-electron chi connectivity index (χ4n) is 3.88. The standard InChI is InChI=1S/C22H18FN7O/c1-12-3-4-18-15(5-12)13(2)31-20-6-14(8-26-22(20)25)21-17(7-24)27-11-29(21)10-19-16(23)9-28-30(18)19/h3-6,8-9,11,13H,10H2,1-2H3,(H2,25,26)/t13-/m1/s1. The van der Waals surface area contributed by atoms with E-state index in [0.717, 1.165) is 11.1 Å². The molecule has 0 fully saturated rings. The van der Waals surface area contributed by atoms with Gasteiger partial charge in [-0.15, -0.1) is 0 Å². The predicted molar refractivity (Wildman–Crippen MR) is 111 cm³/mol.